The summed E-state index contributed by atoms with van der Waals surface area (Å²) in [4.78, 5) is 0. The van der Waals surface area contributed by atoms with Crippen molar-refractivity contribution < 1.29 is 4.74 Å². The van der Waals surface area contributed by atoms with Crippen LogP contribution in [0.1, 0.15) is 152 Å². The van der Waals surface area contributed by atoms with E-state index in [-0.39, 0.29) is 0 Å². The molecule has 0 heterocycles. The van der Waals surface area contributed by atoms with Gasteiger partial charge in [0, 0.05) is 6.61 Å². The molecule has 6 aliphatic rings. The molecule has 0 aromatic carbocycles. The largest absolute Gasteiger partial charge is 0.377 e. The van der Waals surface area contributed by atoms with Crippen molar-refractivity contribution in [2.45, 2.75) is 182 Å². The molecule has 6 aliphatic carbocycles. The molecule has 0 N–H and O–H groups in total. The number of hydrogen-bond acceptors (Lipinski definition) is 1. The van der Waals surface area contributed by atoms with Gasteiger partial charge in [-0.15, -0.1) is 0 Å². The van der Waals surface area contributed by atoms with Crippen LogP contribution in [0.25, 0.3) is 0 Å². The zero-order chi connectivity index (χ0) is 32.3. The Labute approximate surface area is 283 Å². The molecule has 6 rings (SSSR count). The topological polar surface area (TPSA) is 9.23 Å². The molecule has 0 aromatic rings. The molecular weight excluding hydrogens is 561 g/mol. The Morgan fingerprint density at radius 2 is 1.22 bits per heavy atom. The Hall–Kier alpha value is 0.177. The van der Waals surface area contributed by atoms with E-state index in [0.717, 1.165) is 82.8 Å². The third kappa shape index (κ3) is 6.72. The van der Waals surface area contributed by atoms with Crippen molar-refractivity contribution in [1.82, 2.24) is 0 Å². The Morgan fingerprint density at radius 1 is 0.644 bits per heavy atom. The highest BCUT2D eigenvalue weighted by Crippen LogP contribution is 2.69. The molecule has 13 atom stereocenters. The van der Waals surface area contributed by atoms with Crippen LogP contribution in [-0.2, 0) is 4.74 Å². The second-order valence-corrected chi connectivity index (χ2v) is 25.8. The molecular formula is C43H78OSi. The first-order valence-electron chi connectivity index (χ1n) is 20.9. The maximum absolute atomic E-state index is 7.20. The minimum atomic E-state index is -1.57. The van der Waals surface area contributed by atoms with Crippen LogP contribution in [0, 0.1) is 82.3 Å². The van der Waals surface area contributed by atoms with Crippen LogP contribution >= 0.6 is 0 Å². The van der Waals surface area contributed by atoms with Gasteiger partial charge in [-0.05, 0) is 119 Å². The summed E-state index contributed by atoms with van der Waals surface area (Å²) in [6.07, 6.45) is 23.1. The van der Waals surface area contributed by atoms with E-state index in [0.29, 0.717) is 23.4 Å². The van der Waals surface area contributed by atoms with E-state index in [4.69, 9.17) is 4.74 Å². The molecule has 6 fully saturated rings. The average molecular weight is 639 g/mol. The molecule has 0 bridgehead atoms. The van der Waals surface area contributed by atoms with Crippen molar-refractivity contribution in [3.8, 4) is 0 Å². The van der Waals surface area contributed by atoms with Gasteiger partial charge in [-0.3, -0.25) is 0 Å². The van der Waals surface area contributed by atoms with E-state index >= 15 is 0 Å². The summed E-state index contributed by atoms with van der Waals surface area (Å²) in [6, 6.07) is 0. The van der Waals surface area contributed by atoms with Crippen molar-refractivity contribution in [2.75, 3.05) is 6.61 Å². The number of rotatable bonds is 7. The fraction of sp³-hybridized carbons (Fsp3) is 1.00. The molecule has 1 nitrogen and oxygen atoms in total. The van der Waals surface area contributed by atoms with E-state index in [9.17, 15) is 0 Å². The number of ether oxygens (including phenoxy) is 1. The van der Waals surface area contributed by atoms with E-state index in [1.807, 2.05) is 0 Å². The van der Waals surface area contributed by atoms with E-state index in [1.165, 1.54) is 70.6 Å². The number of hydrogen-bond donors (Lipinski definition) is 0. The Morgan fingerprint density at radius 3 is 1.80 bits per heavy atom. The molecule has 0 aromatic heterocycles. The summed E-state index contributed by atoms with van der Waals surface area (Å²) in [5, 5.41) is 0. The Balaban J connectivity index is 1.35. The van der Waals surface area contributed by atoms with Crippen molar-refractivity contribution >= 4 is 8.07 Å². The van der Waals surface area contributed by atoms with Gasteiger partial charge in [-0.1, -0.05) is 139 Å². The second-order valence-electron chi connectivity index (χ2n) is 20.9. The zero-order valence-corrected chi connectivity index (χ0v) is 33.0. The van der Waals surface area contributed by atoms with Crippen molar-refractivity contribution in [3.05, 3.63) is 0 Å². The minimum Gasteiger partial charge on any atom is -0.377 e. The Bertz CT molecular complexity index is 951. The summed E-state index contributed by atoms with van der Waals surface area (Å²) in [6.45, 7) is 27.6. The monoisotopic (exact) mass is 639 g/mol. The quantitative estimate of drug-likeness (QED) is 0.252. The first-order valence-corrected chi connectivity index (χ1v) is 24.1. The van der Waals surface area contributed by atoms with Crippen LogP contribution in [-0.4, -0.2) is 20.8 Å². The summed E-state index contributed by atoms with van der Waals surface area (Å²) >= 11 is 0. The fourth-order valence-corrected chi connectivity index (χ4v) is 21.7. The molecule has 2 heteroatoms. The molecule has 0 spiro atoms. The van der Waals surface area contributed by atoms with Gasteiger partial charge < -0.3 is 4.74 Å². The molecule has 260 valence electrons. The molecule has 45 heavy (non-hydrogen) atoms. The van der Waals surface area contributed by atoms with E-state index < -0.39 is 8.07 Å². The standard InChI is InChI=1S/C43H78OSi/c1-27(2)26-44-40-37(43(6,7)8)25-36-35(39(40)32-19-15-12-16-20-32)24-29(4)41(36)45(9,10)42-30(5)38(31-17-13-11-14-18-31)34-23-28(3)21-22-33(34)42/h27-42H,11-26H2,1-10H3. The smallest absolute Gasteiger partial charge is 0.0642 e. The van der Waals surface area contributed by atoms with Crippen LogP contribution in [0.4, 0.5) is 0 Å². The molecule has 6 saturated carbocycles. The minimum absolute atomic E-state index is 0.318. The van der Waals surface area contributed by atoms with Crippen LogP contribution in [0.15, 0.2) is 0 Å². The third-order valence-corrected chi connectivity index (χ3v) is 21.6. The molecule has 0 radical (unpaired) electrons. The third-order valence-electron chi connectivity index (χ3n) is 16.3. The molecule has 0 saturated heterocycles. The highest BCUT2D eigenvalue weighted by molar-refractivity contribution is 6.80. The van der Waals surface area contributed by atoms with Crippen molar-refractivity contribution in [3.63, 3.8) is 0 Å². The first-order chi connectivity index (χ1) is 21.3. The molecule has 13 unspecified atom stereocenters. The van der Waals surface area contributed by atoms with Gasteiger partial charge in [0.1, 0.15) is 0 Å². The predicted octanol–water partition coefficient (Wildman–Crippen LogP) is 12.9. The van der Waals surface area contributed by atoms with Gasteiger partial charge >= 0.3 is 0 Å². The average Bonchev–Trinajstić information content (AvgIpc) is 3.48. The fourth-order valence-electron chi connectivity index (χ4n) is 15.0. The van der Waals surface area contributed by atoms with Gasteiger partial charge in [-0.25, -0.2) is 0 Å². The highest BCUT2D eigenvalue weighted by atomic mass is 28.3. The summed E-state index contributed by atoms with van der Waals surface area (Å²) in [5.74, 6) is 12.0. The molecule has 0 aliphatic heterocycles. The van der Waals surface area contributed by atoms with Crippen LogP contribution in [0.3, 0.4) is 0 Å². The first kappa shape index (κ1) is 35.0. The summed E-state index contributed by atoms with van der Waals surface area (Å²) in [5.41, 5.74) is 2.39. The van der Waals surface area contributed by atoms with E-state index in [1.54, 1.807) is 25.7 Å². The maximum Gasteiger partial charge on any atom is 0.0642 e. The van der Waals surface area contributed by atoms with Crippen LogP contribution in [0.5, 0.6) is 0 Å². The normalized spacial score (nSPS) is 45.5. The lowest BCUT2D eigenvalue weighted by atomic mass is 9.56. The Kier molecular flexibility index (Phi) is 10.8. The van der Waals surface area contributed by atoms with Crippen LogP contribution in [0.2, 0.25) is 24.2 Å². The summed E-state index contributed by atoms with van der Waals surface area (Å²) < 4.78 is 7.20. The lowest BCUT2D eigenvalue weighted by molar-refractivity contribution is -0.137. The van der Waals surface area contributed by atoms with Gasteiger partial charge in [-0.2, -0.15) is 0 Å². The van der Waals surface area contributed by atoms with Crippen molar-refractivity contribution in [1.29, 1.82) is 0 Å². The van der Waals surface area contributed by atoms with Gasteiger partial charge in [0.05, 0.1) is 14.2 Å². The number of fused-ring (bicyclic) bond motifs is 2. The van der Waals surface area contributed by atoms with Gasteiger partial charge in [0.2, 0.25) is 0 Å². The predicted molar refractivity (Wildman–Crippen MR) is 197 cm³/mol. The lowest BCUT2D eigenvalue weighted by Crippen LogP contribution is -2.54. The highest BCUT2D eigenvalue weighted by Gasteiger charge is 2.64. The van der Waals surface area contributed by atoms with Crippen molar-refractivity contribution in [2.24, 2.45) is 82.3 Å². The van der Waals surface area contributed by atoms with Gasteiger partial charge in [0.15, 0.2) is 0 Å². The zero-order valence-electron chi connectivity index (χ0n) is 32.0. The van der Waals surface area contributed by atoms with Crippen LogP contribution < -0.4 is 0 Å². The SMILES string of the molecule is CC(C)COC1C(C2CCCCC2)C2CC(C)C([Si](C)(C)C3C(C)C(C4CCCCC4)C4CC(C)CCC43)C2CC1C(C)(C)C. The van der Waals surface area contributed by atoms with E-state index in [2.05, 4.69) is 68.5 Å². The second kappa shape index (κ2) is 13.8. The maximum atomic E-state index is 7.20. The van der Waals surface area contributed by atoms with Gasteiger partial charge in [0.25, 0.3) is 0 Å². The summed E-state index contributed by atoms with van der Waals surface area (Å²) in [7, 11) is -1.57. The lowest BCUT2D eigenvalue weighted by Gasteiger charge is -2.55. The molecule has 0 amide bonds.